The third-order valence-corrected chi connectivity index (χ3v) is 2.36. The van der Waals surface area contributed by atoms with E-state index >= 15 is 0 Å². The quantitative estimate of drug-likeness (QED) is 0.667. The Morgan fingerprint density at radius 1 is 1.40 bits per heavy atom. The van der Waals surface area contributed by atoms with Crippen LogP contribution in [0.15, 0.2) is 35.1 Å². The predicted molar refractivity (Wildman–Crippen MR) is 58.6 cm³/mol. The SMILES string of the molecule is NCC(O)c1cc2ccccc2[nH]c1=O. The van der Waals surface area contributed by atoms with Gasteiger partial charge in [0.2, 0.25) is 0 Å². The van der Waals surface area contributed by atoms with Crippen molar-refractivity contribution in [3.8, 4) is 0 Å². The zero-order valence-electron chi connectivity index (χ0n) is 8.10. The highest BCUT2D eigenvalue weighted by Crippen LogP contribution is 2.13. The first-order valence-electron chi connectivity index (χ1n) is 4.72. The number of aliphatic hydroxyl groups excluding tert-OH is 1. The first-order chi connectivity index (χ1) is 7.22. The molecule has 1 aromatic heterocycles. The Bertz CT molecular complexity index is 533. The molecule has 78 valence electrons. The first kappa shape index (κ1) is 9.89. The number of aromatic amines is 1. The van der Waals surface area contributed by atoms with Gasteiger partial charge in [0.25, 0.3) is 5.56 Å². The van der Waals surface area contributed by atoms with Gasteiger partial charge in [-0.2, -0.15) is 0 Å². The summed E-state index contributed by atoms with van der Waals surface area (Å²) in [6.07, 6.45) is -0.904. The molecule has 0 radical (unpaired) electrons. The van der Waals surface area contributed by atoms with Crippen LogP contribution in [-0.2, 0) is 0 Å². The van der Waals surface area contributed by atoms with Gasteiger partial charge in [-0.1, -0.05) is 18.2 Å². The van der Waals surface area contributed by atoms with Gasteiger partial charge in [0, 0.05) is 17.6 Å². The van der Waals surface area contributed by atoms with Crippen molar-refractivity contribution in [2.45, 2.75) is 6.10 Å². The normalized spacial score (nSPS) is 12.9. The van der Waals surface area contributed by atoms with E-state index in [0.29, 0.717) is 5.56 Å². The van der Waals surface area contributed by atoms with E-state index in [1.54, 1.807) is 6.07 Å². The summed E-state index contributed by atoms with van der Waals surface area (Å²) in [6, 6.07) is 9.08. The molecule has 4 heteroatoms. The van der Waals surface area contributed by atoms with Gasteiger partial charge in [0.15, 0.2) is 0 Å². The van der Waals surface area contributed by atoms with Crippen molar-refractivity contribution in [2.24, 2.45) is 5.73 Å². The van der Waals surface area contributed by atoms with Crippen LogP contribution in [0.5, 0.6) is 0 Å². The van der Waals surface area contributed by atoms with Crippen molar-refractivity contribution in [2.75, 3.05) is 6.54 Å². The monoisotopic (exact) mass is 204 g/mol. The molecule has 0 fully saturated rings. The van der Waals surface area contributed by atoms with Crippen molar-refractivity contribution < 1.29 is 5.11 Å². The number of nitrogens with two attached hydrogens (primary N) is 1. The van der Waals surface area contributed by atoms with Gasteiger partial charge in [-0.15, -0.1) is 0 Å². The summed E-state index contributed by atoms with van der Waals surface area (Å²) in [7, 11) is 0. The third-order valence-electron chi connectivity index (χ3n) is 2.36. The maximum atomic E-state index is 11.6. The lowest BCUT2D eigenvalue weighted by atomic mass is 10.1. The number of para-hydroxylation sites is 1. The molecule has 0 aliphatic heterocycles. The summed E-state index contributed by atoms with van der Waals surface area (Å²) in [5, 5.41) is 10.4. The largest absolute Gasteiger partial charge is 0.387 e. The number of aliphatic hydroxyl groups is 1. The van der Waals surface area contributed by atoms with Gasteiger partial charge >= 0.3 is 0 Å². The Balaban J connectivity index is 2.67. The topological polar surface area (TPSA) is 79.1 Å². The zero-order valence-corrected chi connectivity index (χ0v) is 8.10. The Kier molecular flexibility index (Phi) is 2.53. The number of hydrogen-bond acceptors (Lipinski definition) is 3. The molecule has 0 saturated heterocycles. The number of benzene rings is 1. The van der Waals surface area contributed by atoms with Crippen LogP contribution < -0.4 is 11.3 Å². The Morgan fingerprint density at radius 3 is 2.87 bits per heavy atom. The Labute approximate surface area is 86.4 Å². The minimum Gasteiger partial charge on any atom is -0.387 e. The van der Waals surface area contributed by atoms with E-state index < -0.39 is 6.10 Å². The fraction of sp³-hybridized carbons (Fsp3) is 0.182. The number of fused-ring (bicyclic) bond motifs is 1. The summed E-state index contributed by atoms with van der Waals surface area (Å²) in [4.78, 5) is 14.3. The van der Waals surface area contributed by atoms with Crippen LogP contribution in [-0.4, -0.2) is 16.6 Å². The van der Waals surface area contributed by atoms with Crippen LogP contribution in [0, 0.1) is 0 Å². The van der Waals surface area contributed by atoms with E-state index in [9.17, 15) is 9.90 Å². The van der Waals surface area contributed by atoms with E-state index in [4.69, 9.17) is 5.73 Å². The number of rotatable bonds is 2. The summed E-state index contributed by atoms with van der Waals surface area (Å²) < 4.78 is 0. The van der Waals surface area contributed by atoms with Crippen molar-refractivity contribution in [3.63, 3.8) is 0 Å². The molecule has 0 spiro atoms. The maximum Gasteiger partial charge on any atom is 0.254 e. The summed E-state index contributed by atoms with van der Waals surface area (Å²) in [5.41, 5.74) is 6.10. The third kappa shape index (κ3) is 1.77. The van der Waals surface area contributed by atoms with Crippen LogP contribution in [0.2, 0.25) is 0 Å². The van der Waals surface area contributed by atoms with E-state index in [2.05, 4.69) is 4.98 Å². The van der Waals surface area contributed by atoms with E-state index in [1.807, 2.05) is 24.3 Å². The van der Waals surface area contributed by atoms with Gasteiger partial charge in [-0.05, 0) is 17.5 Å². The number of H-pyrrole nitrogens is 1. The molecule has 4 N–H and O–H groups in total. The molecule has 0 aliphatic carbocycles. The molecule has 0 aliphatic rings. The standard InChI is InChI=1S/C11H12N2O2/c12-6-10(14)8-5-7-3-1-2-4-9(7)13-11(8)15/h1-5,10,14H,6,12H2,(H,13,15). The highest BCUT2D eigenvalue weighted by atomic mass is 16.3. The Hall–Kier alpha value is -1.65. The molecular weight excluding hydrogens is 192 g/mol. The minimum absolute atomic E-state index is 0.0431. The van der Waals surface area contributed by atoms with Gasteiger partial charge < -0.3 is 15.8 Å². The van der Waals surface area contributed by atoms with Crippen LogP contribution in [0.1, 0.15) is 11.7 Å². The lowest BCUT2D eigenvalue weighted by Gasteiger charge is -2.07. The second kappa shape index (κ2) is 3.84. The van der Waals surface area contributed by atoms with Gasteiger partial charge in [0.05, 0.1) is 6.10 Å². The molecule has 2 rings (SSSR count). The van der Waals surface area contributed by atoms with Crippen LogP contribution >= 0.6 is 0 Å². The Morgan fingerprint density at radius 2 is 2.13 bits per heavy atom. The predicted octanol–water partition coefficient (Wildman–Crippen LogP) is 0.520. The second-order valence-electron chi connectivity index (χ2n) is 3.39. The fourth-order valence-corrected chi connectivity index (χ4v) is 1.54. The minimum atomic E-state index is -0.904. The lowest BCUT2D eigenvalue weighted by Crippen LogP contribution is -2.21. The average molecular weight is 204 g/mol. The van der Waals surface area contributed by atoms with E-state index in [0.717, 1.165) is 10.9 Å². The van der Waals surface area contributed by atoms with Crippen molar-refractivity contribution in [1.29, 1.82) is 0 Å². The van der Waals surface area contributed by atoms with Crippen LogP contribution in [0.3, 0.4) is 0 Å². The molecule has 1 unspecified atom stereocenters. The van der Waals surface area contributed by atoms with Gasteiger partial charge in [-0.25, -0.2) is 0 Å². The molecule has 0 bridgehead atoms. The van der Waals surface area contributed by atoms with Crippen molar-refractivity contribution in [3.05, 3.63) is 46.2 Å². The molecule has 1 atom stereocenters. The number of pyridine rings is 1. The van der Waals surface area contributed by atoms with E-state index in [1.165, 1.54) is 0 Å². The van der Waals surface area contributed by atoms with E-state index in [-0.39, 0.29) is 12.1 Å². The van der Waals surface area contributed by atoms with Crippen molar-refractivity contribution >= 4 is 10.9 Å². The second-order valence-corrected chi connectivity index (χ2v) is 3.39. The summed E-state index contributed by atoms with van der Waals surface area (Å²) in [6.45, 7) is 0.0431. The van der Waals surface area contributed by atoms with Gasteiger partial charge in [0.1, 0.15) is 0 Å². The average Bonchev–Trinajstić information content (AvgIpc) is 2.27. The van der Waals surface area contributed by atoms with Crippen LogP contribution in [0.4, 0.5) is 0 Å². The molecule has 4 nitrogen and oxygen atoms in total. The molecular formula is C11H12N2O2. The zero-order chi connectivity index (χ0) is 10.8. The highest BCUT2D eigenvalue weighted by molar-refractivity contribution is 5.78. The van der Waals surface area contributed by atoms with Gasteiger partial charge in [-0.3, -0.25) is 4.79 Å². The molecule has 0 saturated carbocycles. The lowest BCUT2D eigenvalue weighted by molar-refractivity contribution is 0.185. The molecule has 2 aromatic rings. The summed E-state index contributed by atoms with van der Waals surface area (Å²) in [5.74, 6) is 0. The molecule has 1 aromatic carbocycles. The maximum absolute atomic E-state index is 11.6. The summed E-state index contributed by atoms with van der Waals surface area (Å²) >= 11 is 0. The number of hydrogen-bond donors (Lipinski definition) is 3. The fourth-order valence-electron chi connectivity index (χ4n) is 1.54. The smallest absolute Gasteiger partial charge is 0.254 e. The highest BCUT2D eigenvalue weighted by Gasteiger charge is 2.10. The molecule has 15 heavy (non-hydrogen) atoms. The van der Waals surface area contributed by atoms with Crippen LogP contribution in [0.25, 0.3) is 10.9 Å². The first-order valence-corrected chi connectivity index (χ1v) is 4.72. The molecule has 0 amide bonds. The molecule has 1 heterocycles. The van der Waals surface area contributed by atoms with Crippen molar-refractivity contribution in [1.82, 2.24) is 4.98 Å². The number of nitrogens with one attached hydrogen (secondary N) is 1. The number of aromatic nitrogens is 1.